The molecule has 1 heterocycles. The Bertz CT molecular complexity index is 577. The largest absolute Gasteiger partial charge is 0.508 e. The molecule has 20 heavy (non-hydrogen) atoms. The van der Waals surface area contributed by atoms with Gasteiger partial charge in [-0.25, -0.2) is 0 Å². The SMILES string of the molecule is Cn1cc(CNC(=O)C(N)Cc2ccc(O)cc2)cn1. The summed E-state index contributed by atoms with van der Waals surface area (Å²) in [4.78, 5) is 11.9. The van der Waals surface area contributed by atoms with Gasteiger partial charge in [-0.05, 0) is 24.1 Å². The van der Waals surface area contributed by atoms with Crippen LogP contribution < -0.4 is 11.1 Å². The summed E-state index contributed by atoms with van der Waals surface area (Å²) >= 11 is 0. The molecule has 1 atom stereocenters. The second-order valence-corrected chi connectivity index (χ2v) is 4.72. The average molecular weight is 274 g/mol. The fourth-order valence-electron chi connectivity index (χ4n) is 1.86. The van der Waals surface area contributed by atoms with Crippen LogP contribution in [0.25, 0.3) is 0 Å². The minimum Gasteiger partial charge on any atom is -0.508 e. The van der Waals surface area contributed by atoms with Gasteiger partial charge in [-0.1, -0.05) is 12.1 Å². The van der Waals surface area contributed by atoms with Crippen molar-refractivity contribution >= 4 is 5.91 Å². The Morgan fingerprint density at radius 2 is 2.10 bits per heavy atom. The van der Waals surface area contributed by atoms with E-state index in [0.717, 1.165) is 11.1 Å². The molecule has 1 amide bonds. The van der Waals surface area contributed by atoms with Gasteiger partial charge in [0, 0.05) is 25.4 Å². The number of aromatic hydroxyl groups is 1. The summed E-state index contributed by atoms with van der Waals surface area (Å²) in [5.41, 5.74) is 7.70. The van der Waals surface area contributed by atoms with Gasteiger partial charge in [-0.3, -0.25) is 9.48 Å². The van der Waals surface area contributed by atoms with Crippen molar-refractivity contribution in [3.8, 4) is 5.75 Å². The van der Waals surface area contributed by atoms with Crippen LogP contribution in [0, 0.1) is 0 Å². The standard InChI is InChI=1S/C14H18N4O2/c1-18-9-11(8-17-18)7-16-14(20)13(15)6-10-2-4-12(19)5-3-10/h2-5,8-9,13,19H,6-7,15H2,1H3,(H,16,20). The molecule has 6 heteroatoms. The number of hydrogen-bond acceptors (Lipinski definition) is 4. The molecule has 6 nitrogen and oxygen atoms in total. The molecule has 1 unspecified atom stereocenters. The van der Waals surface area contributed by atoms with Gasteiger partial charge in [0.05, 0.1) is 12.2 Å². The summed E-state index contributed by atoms with van der Waals surface area (Å²) in [7, 11) is 1.82. The van der Waals surface area contributed by atoms with Gasteiger partial charge in [0.25, 0.3) is 0 Å². The first-order valence-electron chi connectivity index (χ1n) is 6.33. The van der Waals surface area contributed by atoms with Crippen LogP contribution >= 0.6 is 0 Å². The highest BCUT2D eigenvalue weighted by Crippen LogP contribution is 2.10. The molecule has 0 aliphatic carbocycles. The topological polar surface area (TPSA) is 93.2 Å². The number of hydrogen-bond donors (Lipinski definition) is 3. The lowest BCUT2D eigenvalue weighted by Crippen LogP contribution is -2.41. The first-order valence-corrected chi connectivity index (χ1v) is 6.33. The second kappa shape index (κ2) is 6.21. The molecule has 106 valence electrons. The minimum atomic E-state index is -0.615. The summed E-state index contributed by atoms with van der Waals surface area (Å²) in [6, 6.07) is 6.05. The number of benzene rings is 1. The van der Waals surface area contributed by atoms with Gasteiger partial charge in [0.15, 0.2) is 0 Å². The molecule has 0 saturated heterocycles. The number of aryl methyl sites for hydroxylation is 1. The number of carbonyl (C=O) groups is 1. The first kappa shape index (κ1) is 14.1. The van der Waals surface area contributed by atoms with E-state index >= 15 is 0 Å². The summed E-state index contributed by atoms with van der Waals surface area (Å²) in [6.45, 7) is 0.413. The molecule has 0 bridgehead atoms. The van der Waals surface area contributed by atoms with Crippen molar-refractivity contribution in [1.29, 1.82) is 0 Å². The smallest absolute Gasteiger partial charge is 0.237 e. The van der Waals surface area contributed by atoms with Crippen molar-refractivity contribution in [3.05, 3.63) is 47.8 Å². The van der Waals surface area contributed by atoms with E-state index in [2.05, 4.69) is 10.4 Å². The lowest BCUT2D eigenvalue weighted by Gasteiger charge is -2.11. The van der Waals surface area contributed by atoms with Crippen molar-refractivity contribution in [3.63, 3.8) is 0 Å². The average Bonchev–Trinajstić information content (AvgIpc) is 2.84. The van der Waals surface area contributed by atoms with E-state index in [1.807, 2.05) is 13.2 Å². The van der Waals surface area contributed by atoms with Gasteiger partial charge in [0.2, 0.25) is 5.91 Å². The van der Waals surface area contributed by atoms with Crippen LogP contribution in [0.15, 0.2) is 36.7 Å². The molecule has 0 spiro atoms. The molecule has 0 aliphatic rings. The molecule has 2 aromatic rings. The van der Waals surface area contributed by atoms with Crippen LogP contribution in [-0.2, 0) is 24.8 Å². The van der Waals surface area contributed by atoms with Crippen molar-refractivity contribution in [2.75, 3.05) is 0 Å². The van der Waals surface area contributed by atoms with E-state index in [1.165, 1.54) is 0 Å². The quantitative estimate of drug-likeness (QED) is 0.731. The first-order chi connectivity index (χ1) is 9.54. The Kier molecular flexibility index (Phi) is 4.37. The second-order valence-electron chi connectivity index (χ2n) is 4.72. The molecular formula is C14H18N4O2. The number of rotatable bonds is 5. The van der Waals surface area contributed by atoms with Crippen molar-refractivity contribution < 1.29 is 9.90 Å². The van der Waals surface area contributed by atoms with E-state index in [1.54, 1.807) is 35.1 Å². The highest BCUT2D eigenvalue weighted by Gasteiger charge is 2.13. The maximum Gasteiger partial charge on any atom is 0.237 e. The maximum atomic E-state index is 11.9. The zero-order chi connectivity index (χ0) is 14.5. The predicted molar refractivity (Wildman–Crippen MR) is 74.8 cm³/mol. The molecule has 2 rings (SSSR count). The zero-order valence-corrected chi connectivity index (χ0v) is 11.3. The van der Waals surface area contributed by atoms with Crippen LogP contribution in [-0.4, -0.2) is 26.8 Å². The van der Waals surface area contributed by atoms with E-state index in [-0.39, 0.29) is 11.7 Å². The Labute approximate surface area is 117 Å². The van der Waals surface area contributed by atoms with Crippen LogP contribution in [0.4, 0.5) is 0 Å². The molecular weight excluding hydrogens is 256 g/mol. The van der Waals surface area contributed by atoms with E-state index in [0.29, 0.717) is 13.0 Å². The fraction of sp³-hybridized carbons (Fsp3) is 0.286. The van der Waals surface area contributed by atoms with Crippen LogP contribution in [0.1, 0.15) is 11.1 Å². The molecule has 1 aromatic heterocycles. The normalized spacial score (nSPS) is 12.1. The fourth-order valence-corrected chi connectivity index (χ4v) is 1.86. The number of carbonyl (C=O) groups excluding carboxylic acids is 1. The van der Waals surface area contributed by atoms with E-state index in [4.69, 9.17) is 5.73 Å². The van der Waals surface area contributed by atoms with Gasteiger partial charge in [0.1, 0.15) is 5.75 Å². The molecule has 1 aromatic carbocycles. The summed E-state index contributed by atoms with van der Waals surface area (Å²) in [5, 5.41) is 16.0. The van der Waals surface area contributed by atoms with Crippen LogP contribution in [0.3, 0.4) is 0 Å². The third-order valence-corrected chi connectivity index (χ3v) is 2.95. The van der Waals surface area contributed by atoms with E-state index < -0.39 is 6.04 Å². The lowest BCUT2D eigenvalue weighted by molar-refractivity contribution is -0.122. The Hall–Kier alpha value is -2.34. The van der Waals surface area contributed by atoms with Gasteiger partial charge in [-0.2, -0.15) is 5.10 Å². The predicted octanol–water partition coefficient (Wildman–Crippen LogP) is 0.312. The molecule has 0 aliphatic heterocycles. The zero-order valence-electron chi connectivity index (χ0n) is 11.3. The van der Waals surface area contributed by atoms with Gasteiger partial charge >= 0.3 is 0 Å². The number of nitrogens with zero attached hydrogens (tertiary/aromatic N) is 2. The van der Waals surface area contributed by atoms with Crippen LogP contribution in [0.2, 0.25) is 0 Å². The third kappa shape index (κ3) is 3.83. The van der Waals surface area contributed by atoms with Crippen LogP contribution in [0.5, 0.6) is 5.75 Å². The Balaban J connectivity index is 1.84. The number of aromatic nitrogens is 2. The Morgan fingerprint density at radius 1 is 1.40 bits per heavy atom. The molecule has 4 N–H and O–H groups in total. The third-order valence-electron chi connectivity index (χ3n) is 2.95. The Morgan fingerprint density at radius 3 is 2.70 bits per heavy atom. The number of phenolic OH excluding ortho intramolecular Hbond substituents is 1. The summed E-state index contributed by atoms with van der Waals surface area (Å²) in [6.07, 6.45) is 3.97. The summed E-state index contributed by atoms with van der Waals surface area (Å²) < 4.78 is 1.68. The number of phenols is 1. The minimum absolute atomic E-state index is 0.198. The van der Waals surface area contributed by atoms with Crippen molar-refractivity contribution in [2.24, 2.45) is 12.8 Å². The van der Waals surface area contributed by atoms with Crippen molar-refractivity contribution in [1.82, 2.24) is 15.1 Å². The maximum absolute atomic E-state index is 11.9. The monoisotopic (exact) mass is 274 g/mol. The van der Waals surface area contributed by atoms with E-state index in [9.17, 15) is 9.90 Å². The molecule has 0 radical (unpaired) electrons. The van der Waals surface area contributed by atoms with Gasteiger partial charge < -0.3 is 16.2 Å². The number of nitrogens with two attached hydrogens (primary N) is 1. The summed E-state index contributed by atoms with van der Waals surface area (Å²) in [5.74, 6) is -0.00900. The number of nitrogens with one attached hydrogen (secondary N) is 1. The highest BCUT2D eigenvalue weighted by molar-refractivity contribution is 5.81. The van der Waals surface area contributed by atoms with Crippen molar-refractivity contribution in [2.45, 2.75) is 19.0 Å². The van der Waals surface area contributed by atoms with Gasteiger partial charge in [-0.15, -0.1) is 0 Å². The molecule has 0 fully saturated rings. The highest BCUT2D eigenvalue weighted by atomic mass is 16.3. The molecule has 0 saturated carbocycles. The number of amides is 1. The lowest BCUT2D eigenvalue weighted by atomic mass is 10.1.